The van der Waals surface area contributed by atoms with E-state index in [-0.39, 0.29) is 24.0 Å². The third-order valence-electron chi connectivity index (χ3n) is 10.1. The minimum atomic E-state index is -0.0457. The molecule has 0 aliphatic carbocycles. The van der Waals surface area contributed by atoms with Gasteiger partial charge in [-0.2, -0.15) is 0 Å². The Hall–Kier alpha value is -4.34. The fourth-order valence-electron chi connectivity index (χ4n) is 6.76. The van der Waals surface area contributed by atoms with Crippen LogP contribution in [0.4, 0.5) is 5.69 Å². The largest absolute Gasteiger partial charge is 0.494 e. The van der Waals surface area contributed by atoms with Gasteiger partial charge in [0.1, 0.15) is 46.8 Å². The molecular formula is C48H63BrN2O6. The molecule has 57 heavy (non-hydrogen) atoms. The van der Waals surface area contributed by atoms with Crippen LogP contribution in [-0.2, 0) is 9.59 Å². The molecule has 0 bridgehead atoms. The van der Waals surface area contributed by atoms with Crippen molar-refractivity contribution in [3.05, 3.63) is 113 Å². The van der Waals surface area contributed by atoms with Crippen molar-refractivity contribution in [2.24, 2.45) is 0 Å². The van der Waals surface area contributed by atoms with E-state index in [1.165, 1.54) is 5.69 Å². The monoisotopic (exact) mass is 842 g/mol. The van der Waals surface area contributed by atoms with Crippen molar-refractivity contribution >= 4 is 33.2 Å². The number of halogens is 1. The zero-order chi connectivity index (χ0) is 41.0. The third-order valence-corrected chi connectivity index (χ3v) is 10.7. The van der Waals surface area contributed by atoms with Crippen LogP contribution >= 0.6 is 15.9 Å². The van der Waals surface area contributed by atoms with Gasteiger partial charge in [-0.15, -0.1) is 0 Å². The molecular weight excluding hydrogens is 780 g/mol. The molecule has 2 aliphatic rings. The molecule has 0 aromatic heterocycles. The van der Waals surface area contributed by atoms with Gasteiger partial charge in [0, 0.05) is 54.3 Å². The minimum absolute atomic E-state index is 0.0119. The summed E-state index contributed by atoms with van der Waals surface area (Å²) in [6.45, 7) is 17.2. The van der Waals surface area contributed by atoms with Crippen LogP contribution in [0.2, 0.25) is 0 Å². The van der Waals surface area contributed by atoms with Gasteiger partial charge in [-0.1, -0.05) is 67.9 Å². The van der Waals surface area contributed by atoms with Crippen LogP contribution in [0, 0.1) is 0 Å². The summed E-state index contributed by atoms with van der Waals surface area (Å²) < 4.78 is 23.9. The SMILES string of the molecule is CCCC(=O)C(C)c1ccc(O[C@@H]2CCN(c3ccc(OCC)cc3)C2)cc1.CCCC(=O)C(C)c1ccc(O[C@@H]2CCNC2)cc1.CCOc1ccc(Br)cc1. The smallest absolute Gasteiger partial charge is 0.140 e. The Morgan fingerprint density at radius 1 is 0.649 bits per heavy atom. The summed E-state index contributed by atoms with van der Waals surface area (Å²) in [4.78, 5) is 26.3. The van der Waals surface area contributed by atoms with Crippen molar-refractivity contribution in [1.29, 1.82) is 0 Å². The molecule has 308 valence electrons. The van der Waals surface area contributed by atoms with E-state index in [0.29, 0.717) is 31.0 Å². The van der Waals surface area contributed by atoms with E-state index < -0.39 is 0 Å². The first-order valence-electron chi connectivity index (χ1n) is 20.8. The number of Topliss-reactive ketones (excluding diaryl/α,β-unsaturated/α-hetero) is 2. The van der Waals surface area contributed by atoms with Crippen LogP contribution < -0.4 is 29.2 Å². The topological polar surface area (TPSA) is 86.3 Å². The number of anilines is 1. The Labute approximate surface area is 349 Å². The maximum absolute atomic E-state index is 12.1. The summed E-state index contributed by atoms with van der Waals surface area (Å²) in [6, 6.07) is 32.1. The summed E-state index contributed by atoms with van der Waals surface area (Å²) in [7, 11) is 0. The number of ether oxygens (including phenoxy) is 4. The van der Waals surface area contributed by atoms with Crippen LogP contribution in [0.5, 0.6) is 23.0 Å². The van der Waals surface area contributed by atoms with Crippen molar-refractivity contribution in [1.82, 2.24) is 5.32 Å². The van der Waals surface area contributed by atoms with Gasteiger partial charge in [0.05, 0.1) is 19.8 Å². The number of benzene rings is 4. The molecule has 6 rings (SSSR count). The van der Waals surface area contributed by atoms with Gasteiger partial charge in [0.25, 0.3) is 0 Å². The second-order valence-corrected chi connectivity index (χ2v) is 15.5. The van der Waals surface area contributed by atoms with Gasteiger partial charge in [0.2, 0.25) is 0 Å². The minimum Gasteiger partial charge on any atom is -0.494 e. The predicted molar refractivity (Wildman–Crippen MR) is 236 cm³/mol. The maximum atomic E-state index is 12.1. The lowest BCUT2D eigenvalue weighted by Gasteiger charge is -2.19. The number of carbonyl (C=O) groups excluding carboxylic acids is 2. The second-order valence-electron chi connectivity index (χ2n) is 14.5. The molecule has 2 unspecified atom stereocenters. The molecule has 2 fully saturated rings. The van der Waals surface area contributed by atoms with Crippen molar-refractivity contribution < 1.29 is 28.5 Å². The number of carbonyl (C=O) groups is 2. The molecule has 4 aromatic rings. The zero-order valence-electron chi connectivity index (χ0n) is 34.8. The Balaban J connectivity index is 0.000000213. The Kier molecular flexibility index (Phi) is 19.4. The summed E-state index contributed by atoms with van der Waals surface area (Å²) in [6.07, 6.45) is 5.64. The van der Waals surface area contributed by atoms with Gasteiger partial charge in [-0.25, -0.2) is 0 Å². The molecule has 2 aliphatic heterocycles. The van der Waals surface area contributed by atoms with Gasteiger partial charge in [-0.3, -0.25) is 9.59 Å². The fraction of sp³-hybridized carbons (Fsp3) is 0.458. The highest BCUT2D eigenvalue weighted by atomic mass is 79.9. The van der Waals surface area contributed by atoms with Gasteiger partial charge in [-0.05, 0) is 124 Å². The lowest BCUT2D eigenvalue weighted by atomic mass is 9.94. The lowest BCUT2D eigenvalue weighted by Crippen LogP contribution is -2.24. The number of nitrogens with one attached hydrogen (secondary N) is 1. The Bertz CT molecular complexity index is 1740. The van der Waals surface area contributed by atoms with Crippen LogP contribution in [0.3, 0.4) is 0 Å². The molecule has 9 heteroatoms. The highest BCUT2D eigenvalue weighted by Crippen LogP contribution is 2.28. The van der Waals surface area contributed by atoms with E-state index in [2.05, 4.69) is 38.3 Å². The molecule has 2 heterocycles. The summed E-state index contributed by atoms with van der Waals surface area (Å²) in [5, 5.41) is 3.28. The molecule has 0 radical (unpaired) electrons. The maximum Gasteiger partial charge on any atom is 0.140 e. The van der Waals surface area contributed by atoms with Gasteiger partial charge >= 0.3 is 0 Å². The number of rotatable bonds is 17. The highest BCUT2D eigenvalue weighted by Gasteiger charge is 2.25. The Morgan fingerprint density at radius 3 is 1.54 bits per heavy atom. The van der Waals surface area contributed by atoms with Crippen LogP contribution in [0.15, 0.2) is 102 Å². The van der Waals surface area contributed by atoms with Gasteiger partial charge < -0.3 is 29.2 Å². The van der Waals surface area contributed by atoms with E-state index in [1.54, 1.807) is 0 Å². The molecule has 0 saturated carbocycles. The second kappa shape index (κ2) is 24.4. The summed E-state index contributed by atoms with van der Waals surface area (Å²) in [5.41, 5.74) is 3.34. The molecule has 2 saturated heterocycles. The zero-order valence-corrected chi connectivity index (χ0v) is 36.4. The average molecular weight is 844 g/mol. The lowest BCUT2D eigenvalue weighted by molar-refractivity contribution is -0.121. The molecule has 0 amide bonds. The van der Waals surface area contributed by atoms with E-state index in [4.69, 9.17) is 18.9 Å². The number of hydrogen-bond donors (Lipinski definition) is 1. The quantitative estimate of drug-likeness (QED) is 0.112. The number of nitrogens with zero attached hydrogens (tertiary/aromatic N) is 1. The predicted octanol–water partition coefficient (Wildman–Crippen LogP) is 11.0. The Morgan fingerprint density at radius 2 is 1.11 bits per heavy atom. The first kappa shape index (κ1) is 45.4. The summed E-state index contributed by atoms with van der Waals surface area (Å²) >= 11 is 3.34. The third kappa shape index (κ3) is 15.2. The van der Waals surface area contributed by atoms with Crippen molar-refractivity contribution in [3.63, 3.8) is 0 Å². The van der Waals surface area contributed by atoms with Crippen molar-refractivity contribution in [2.75, 3.05) is 44.3 Å². The first-order chi connectivity index (χ1) is 27.6. The van der Waals surface area contributed by atoms with Crippen molar-refractivity contribution in [2.45, 2.75) is 104 Å². The first-order valence-corrected chi connectivity index (χ1v) is 21.6. The molecule has 8 nitrogen and oxygen atoms in total. The standard InChI is InChI=1S/C24H31NO3.C16H23NO2.C8H9BrO/c1-4-6-24(26)18(3)19-7-11-22(12-8-19)28-23-15-16-25(17-23)20-9-13-21(14-10-20)27-5-2;1-3-4-16(18)12(2)13-5-7-14(8-6-13)19-15-9-10-17-11-15;1-2-10-8-5-3-7(9)4-6-8/h7-14,18,23H,4-6,15-17H2,1-3H3;5-8,12,15,17H,3-4,9-11H2,1-2H3;3-6H,2H2,1H3/t18?,23-;12?,15-;/m11./s1. The molecule has 4 aromatic carbocycles. The average Bonchev–Trinajstić information content (AvgIpc) is 3.93. The highest BCUT2D eigenvalue weighted by molar-refractivity contribution is 9.10. The van der Waals surface area contributed by atoms with Crippen LogP contribution in [0.1, 0.15) is 103 Å². The number of ketones is 2. The normalized spacial score (nSPS) is 16.9. The van der Waals surface area contributed by atoms with E-state index in [0.717, 1.165) is 97.1 Å². The van der Waals surface area contributed by atoms with E-state index in [9.17, 15) is 9.59 Å². The van der Waals surface area contributed by atoms with E-state index >= 15 is 0 Å². The fourth-order valence-corrected chi connectivity index (χ4v) is 7.02. The van der Waals surface area contributed by atoms with Crippen LogP contribution in [-0.4, -0.2) is 63.2 Å². The van der Waals surface area contributed by atoms with Crippen LogP contribution in [0.25, 0.3) is 0 Å². The molecule has 1 N–H and O–H groups in total. The van der Waals surface area contributed by atoms with E-state index in [1.807, 2.05) is 126 Å². The number of hydrogen-bond acceptors (Lipinski definition) is 8. The molecule has 0 spiro atoms. The summed E-state index contributed by atoms with van der Waals surface area (Å²) in [5.74, 6) is 4.16. The van der Waals surface area contributed by atoms with Crippen molar-refractivity contribution in [3.8, 4) is 23.0 Å². The molecule has 4 atom stereocenters. The van der Waals surface area contributed by atoms with Gasteiger partial charge in [0.15, 0.2) is 0 Å².